The smallest absolute Gasteiger partial charge is 0.244 e. The molecule has 0 unspecified atom stereocenters. The first-order valence-electron chi connectivity index (χ1n) is 32.7. The molecule has 3 amide bonds. The van der Waals surface area contributed by atoms with Gasteiger partial charge >= 0.3 is 0 Å². The van der Waals surface area contributed by atoms with Crippen LogP contribution in [-0.4, -0.2) is 149 Å². The minimum Gasteiger partial charge on any atom is -0.381 e. The summed E-state index contributed by atoms with van der Waals surface area (Å²) in [6, 6.07) is -0.647. The third-order valence-electron chi connectivity index (χ3n) is 15.3. The Labute approximate surface area is 526 Å². The van der Waals surface area contributed by atoms with Crippen LogP contribution in [0.15, 0.2) is 117 Å². The summed E-state index contributed by atoms with van der Waals surface area (Å²) in [7, 11) is 0. The number of allylic oxidation sites excluding steroid dienone is 19. The highest BCUT2D eigenvalue weighted by molar-refractivity contribution is 5.93. The van der Waals surface area contributed by atoms with Gasteiger partial charge in [-0.15, -0.1) is 0 Å². The van der Waals surface area contributed by atoms with Crippen molar-refractivity contribution in [2.75, 3.05) is 119 Å². The molecular formula is C72H117N3O12. The van der Waals surface area contributed by atoms with Crippen molar-refractivity contribution in [2.45, 2.75) is 184 Å². The maximum absolute atomic E-state index is 13.6. The number of aldehydes is 1. The zero-order chi connectivity index (χ0) is 63.6. The van der Waals surface area contributed by atoms with Crippen LogP contribution in [0.1, 0.15) is 178 Å². The first-order chi connectivity index (χ1) is 41.9. The molecule has 0 aromatic carbocycles. The second kappa shape index (κ2) is 50.0. The van der Waals surface area contributed by atoms with Crippen LogP contribution in [0, 0.1) is 10.8 Å². The summed E-state index contributed by atoms with van der Waals surface area (Å²) in [6.07, 6.45) is 41.5. The Morgan fingerprint density at radius 1 is 0.494 bits per heavy atom. The number of nitrogens with one attached hydrogen (secondary N) is 3. The van der Waals surface area contributed by atoms with Gasteiger partial charge in [0.25, 0.3) is 0 Å². The molecule has 2 rings (SSSR count). The zero-order valence-electron chi connectivity index (χ0n) is 55.7. The van der Waals surface area contributed by atoms with Crippen LogP contribution in [0.2, 0.25) is 0 Å². The lowest BCUT2D eigenvalue weighted by Crippen LogP contribution is -2.46. The van der Waals surface area contributed by atoms with Crippen LogP contribution < -0.4 is 16.0 Å². The lowest BCUT2D eigenvalue weighted by Gasteiger charge is -2.33. The molecule has 0 radical (unpaired) electrons. The molecule has 2 aliphatic carbocycles. The summed E-state index contributed by atoms with van der Waals surface area (Å²) in [5, 5.41) is 8.94. The van der Waals surface area contributed by atoms with Crippen molar-refractivity contribution >= 4 is 24.0 Å². The number of hydrogen-bond acceptors (Lipinski definition) is 12. The van der Waals surface area contributed by atoms with Crippen molar-refractivity contribution in [3.05, 3.63) is 117 Å². The van der Waals surface area contributed by atoms with Gasteiger partial charge in [0.1, 0.15) is 12.3 Å². The number of ether oxygens (including phenoxy) is 8. The minimum atomic E-state index is -0.647. The second-order valence-electron chi connectivity index (χ2n) is 24.3. The third kappa shape index (κ3) is 41.2. The van der Waals surface area contributed by atoms with E-state index >= 15 is 0 Å². The number of carbonyl (C=O) groups is 4. The minimum absolute atomic E-state index is 0.0547. The summed E-state index contributed by atoms with van der Waals surface area (Å²) in [4.78, 5) is 49.2. The van der Waals surface area contributed by atoms with Crippen LogP contribution in [0.3, 0.4) is 0 Å². The van der Waals surface area contributed by atoms with Crippen LogP contribution in [-0.2, 0) is 57.1 Å². The lowest BCUT2D eigenvalue weighted by atomic mass is 9.72. The molecular weight excluding hydrogens is 1100 g/mol. The Bertz CT molecular complexity index is 2260. The van der Waals surface area contributed by atoms with Crippen LogP contribution in [0.5, 0.6) is 0 Å². The zero-order valence-corrected chi connectivity index (χ0v) is 55.7. The summed E-state index contributed by atoms with van der Waals surface area (Å²) >= 11 is 0. The van der Waals surface area contributed by atoms with E-state index in [9.17, 15) is 19.2 Å². The van der Waals surface area contributed by atoms with Gasteiger partial charge < -0.3 is 58.6 Å². The molecule has 0 saturated carbocycles. The highest BCUT2D eigenvalue weighted by Crippen LogP contribution is 2.42. The molecule has 0 aromatic heterocycles. The Morgan fingerprint density at radius 2 is 0.943 bits per heavy atom. The van der Waals surface area contributed by atoms with Gasteiger partial charge in [0.2, 0.25) is 17.7 Å². The van der Waals surface area contributed by atoms with Gasteiger partial charge in [-0.1, -0.05) is 135 Å². The molecule has 15 nitrogen and oxygen atoms in total. The highest BCUT2D eigenvalue weighted by Gasteiger charge is 2.27. The van der Waals surface area contributed by atoms with E-state index in [1.165, 1.54) is 65.5 Å². The molecule has 0 aromatic rings. The Balaban J connectivity index is 1.65. The number of carbonyl (C=O) groups excluding carboxylic acids is 4. The lowest BCUT2D eigenvalue weighted by molar-refractivity contribution is -0.127. The van der Waals surface area contributed by atoms with Crippen LogP contribution >= 0.6 is 0 Å². The van der Waals surface area contributed by atoms with E-state index in [-0.39, 0.29) is 28.6 Å². The number of hydrogen-bond donors (Lipinski definition) is 3. The van der Waals surface area contributed by atoms with E-state index in [0.717, 1.165) is 68.8 Å². The van der Waals surface area contributed by atoms with Crippen LogP contribution in [0.4, 0.5) is 0 Å². The summed E-state index contributed by atoms with van der Waals surface area (Å²) in [5.74, 6) is -0.523. The molecule has 2 aliphatic rings. The van der Waals surface area contributed by atoms with Gasteiger partial charge in [-0.25, -0.2) is 0 Å². The normalized spacial score (nSPS) is 16.5. The van der Waals surface area contributed by atoms with E-state index in [1.807, 2.05) is 19.1 Å². The van der Waals surface area contributed by atoms with Crippen molar-refractivity contribution < 1.29 is 57.1 Å². The summed E-state index contributed by atoms with van der Waals surface area (Å²) < 4.78 is 44.3. The fourth-order valence-corrected chi connectivity index (χ4v) is 10.2. The topological polar surface area (TPSA) is 178 Å². The fourth-order valence-electron chi connectivity index (χ4n) is 10.2. The van der Waals surface area contributed by atoms with Crippen molar-refractivity contribution in [2.24, 2.45) is 10.8 Å². The quantitative estimate of drug-likeness (QED) is 0.0228. The monoisotopic (exact) mass is 1220 g/mol. The number of unbranched alkanes of at least 4 members (excludes halogenated alkanes) is 4. The van der Waals surface area contributed by atoms with Crippen molar-refractivity contribution in [3.8, 4) is 0 Å². The molecule has 15 heteroatoms. The van der Waals surface area contributed by atoms with E-state index in [1.54, 1.807) is 6.08 Å². The SMILES string of the molecule is CC1=C(/C=C/C(C)=C/C=C/C(C)=C/CCCCC[C@H](NC(=O)/C=C(C)/C=C/C=C(C)/C=C/C2=C(C)CCCC2(C)C)C(=O)NCCCOCCOCCCCOCCCNC(=O)CCOCCOCCOCCOCCOCCC=O)C(C)(C)CCC1. The molecule has 87 heavy (non-hydrogen) atoms. The first kappa shape index (κ1) is 78.3. The van der Waals surface area contributed by atoms with Gasteiger partial charge in [-0.3, -0.25) is 14.4 Å². The average molecular weight is 1220 g/mol. The molecule has 0 fully saturated rings. The molecule has 1 atom stereocenters. The van der Waals surface area contributed by atoms with E-state index in [4.69, 9.17) is 37.9 Å². The van der Waals surface area contributed by atoms with Gasteiger partial charge in [0, 0.05) is 58.4 Å². The predicted octanol–water partition coefficient (Wildman–Crippen LogP) is 13.4. The van der Waals surface area contributed by atoms with Gasteiger partial charge in [0.15, 0.2) is 0 Å². The van der Waals surface area contributed by atoms with E-state index in [0.29, 0.717) is 144 Å². The molecule has 3 N–H and O–H groups in total. The maximum atomic E-state index is 13.6. The molecule has 0 spiro atoms. The van der Waals surface area contributed by atoms with Gasteiger partial charge in [0.05, 0.1) is 79.3 Å². The fraction of sp³-hybridized carbons (Fsp3) is 0.667. The van der Waals surface area contributed by atoms with E-state index in [2.05, 4.69) is 133 Å². The Hall–Kier alpha value is -4.84. The highest BCUT2D eigenvalue weighted by atomic mass is 16.6. The largest absolute Gasteiger partial charge is 0.381 e. The second-order valence-corrected chi connectivity index (χ2v) is 24.3. The molecule has 0 saturated heterocycles. The van der Waals surface area contributed by atoms with Crippen molar-refractivity contribution in [3.63, 3.8) is 0 Å². The predicted molar refractivity (Wildman–Crippen MR) is 354 cm³/mol. The number of rotatable bonds is 51. The third-order valence-corrected chi connectivity index (χ3v) is 15.3. The molecule has 0 bridgehead atoms. The first-order valence-corrected chi connectivity index (χ1v) is 32.7. The van der Waals surface area contributed by atoms with Gasteiger partial charge in [-0.05, 0) is 153 Å². The number of amides is 3. The average Bonchev–Trinajstić information content (AvgIpc) is 3.41. The molecule has 0 aliphatic heterocycles. The Kier molecular flexibility index (Phi) is 44.9. The standard InChI is InChI=1S/C72H117N3O12/c1-59(25-17-26-60(2)32-34-65-63(5)29-19-37-71(65,7)8)24-13-11-12-14-31-67(75-69(78)58-62(4)28-18-27-61(3)33-35-66-64(6)30-20-38-72(66,9)10)70(79)74-40-22-45-82-49-48-81-43-16-15-42-80-44-21-39-73-68(77)36-47-84-51-53-86-55-57-87-56-54-85-52-50-83-46-23-41-76/h17-18,24-28,32-35,41,58,67H,11-16,19-23,29-31,36-40,42-57H2,1-10H3,(H,73,77)(H,74,79)(H,75,78)/b25-17+,28-18+,34-32+,35-33+,59-24+,60-26+,61-27+,62-58+/t67-/m0/s1. The van der Waals surface area contributed by atoms with Gasteiger partial charge in [-0.2, -0.15) is 0 Å². The Morgan fingerprint density at radius 3 is 1.45 bits per heavy atom. The van der Waals surface area contributed by atoms with Crippen molar-refractivity contribution in [1.29, 1.82) is 0 Å². The molecule has 0 heterocycles. The summed E-state index contributed by atoms with van der Waals surface area (Å²) in [6.45, 7) is 30.8. The molecule has 492 valence electrons. The summed E-state index contributed by atoms with van der Waals surface area (Å²) in [5.41, 5.74) is 10.7. The maximum Gasteiger partial charge on any atom is 0.244 e. The van der Waals surface area contributed by atoms with E-state index < -0.39 is 6.04 Å². The van der Waals surface area contributed by atoms with Crippen LogP contribution in [0.25, 0.3) is 0 Å². The van der Waals surface area contributed by atoms with Crippen molar-refractivity contribution in [1.82, 2.24) is 16.0 Å².